The van der Waals surface area contributed by atoms with Crippen molar-refractivity contribution in [1.82, 2.24) is 0 Å². The molecule has 0 aliphatic rings. The fourth-order valence-electron chi connectivity index (χ4n) is 2.80. The van der Waals surface area contributed by atoms with Gasteiger partial charge in [0.2, 0.25) is 0 Å². The zero-order chi connectivity index (χ0) is 24.4. The smallest absolute Gasteiger partial charge is 0.397 e. The highest BCUT2D eigenvalue weighted by Crippen LogP contribution is 2.39. The molecule has 0 fully saturated rings. The van der Waals surface area contributed by atoms with E-state index < -0.39 is 47.6 Å². The summed E-state index contributed by atoms with van der Waals surface area (Å²) >= 11 is 0. The maximum absolute atomic E-state index is 12.2. The molecule has 3 aromatic carbocycles. The van der Waals surface area contributed by atoms with Crippen LogP contribution in [0, 0.1) is 0 Å². The van der Waals surface area contributed by atoms with Crippen molar-refractivity contribution in [3.63, 3.8) is 0 Å². The fraction of sp³-hybridized carbons (Fsp3) is 0.111. The standard InChI is InChI=1S/C18H16N2O10S3/c21-18-15-4-2-1-3-14(15)17(32(24,25)26)11-16(18)20-19-12-5-7-13(8-6-12)31(22,23)10-9-30-33(27,28)29/h1-8,11,21H,9-10H2,(H,24,25,26)(H,27,28,29)/b20-19+. The van der Waals surface area contributed by atoms with Gasteiger partial charge in [-0.05, 0) is 30.3 Å². The highest BCUT2D eigenvalue weighted by atomic mass is 32.3. The second-order valence-electron chi connectivity index (χ2n) is 6.53. The molecule has 0 unspecified atom stereocenters. The van der Waals surface area contributed by atoms with Crippen molar-refractivity contribution < 1.29 is 43.6 Å². The summed E-state index contributed by atoms with van der Waals surface area (Å²) in [5, 5.41) is 18.3. The quantitative estimate of drug-likeness (QED) is 0.295. The second kappa shape index (κ2) is 9.12. The van der Waals surface area contributed by atoms with Crippen LogP contribution in [0.3, 0.4) is 0 Å². The van der Waals surface area contributed by atoms with Gasteiger partial charge in [-0.25, -0.2) is 12.6 Å². The third-order valence-corrected chi connectivity index (χ3v) is 7.34. The van der Waals surface area contributed by atoms with Gasteiger partial charge in [-0.3, -0.25) is 9.11 Å². The van der Waals surface area contributed by atoms with Gasteiger partial charge in [0.1, 0.15) is 10.6 Å². The zero-order valence-electron chi connectivity index (χ0n) is 16.4. The van der Waals surface area contributed by atoms with E-state index in [2.05, 4.69) is 14.4 Å². The first-order chi connectivity index (χ1) is 15.3. The monoisotopic (exact) mass is 516 g/mol. The van der Waals surface area contributed by atoms with Crippen LogP contribution in [0.2, 0.25) is 0 Å². The average molecular weight is 517 g/mol. The zero-order valence-corrected chi connectivity index (χ0v) is 18.9. The van der Waals surface area contributed by atoms with Crippen LogP contribution < -0.4 is 0 Å². The van der Waals surface area contributed by atoms with Crippen molar-refractivity contribution in [3.8, 4) is 5.75 Å². The van der Waals surface area contributed by atoms with Crippen LogP contribution in [0.15, 0.2) is 74.6 Å². The van der Waals surface area contributed by atoms with E-state index in [1.54, 1.807) is 6.07 Å². The highest BCUT2D eigenvalue weighted by Gasteiger charge is 2.20. The van der Waals surface area contributed by atoms with E-state index in [0.29, 0.717) is 0 Å². The van der Waals surface area contributed by atoms with Crippen molar-refractivity contribution in [2.75, 3.05) is 12.4 Å². The van der Waals surface area contributed by atoms with Crippen LogP contribution >= 0.6 is 0 Å². The van der Waals surface area contributed by atoms with Gasteiger partial charge >= 0.3 is 10.4 Å². The Balaban J connectivity index is 1.88. The SMILES string of the molecule is O=S(=O)(O)OCCS(=O)(=O)c1ccc(/N=N/c2cc(S(=O)(=O)O)c3ccccc3c2O)cc1. The van der Waals surface area contributed by atoms with Crippen LogP contribution in [0.4, 0.5) is 11.4 Å². The van der Waals surface area contributed by atoms with Crippen molar-refractivity contribution in [2.45, 2.75) is 9.79 Å². The Hall–Kier alpha value is -2.95. The van der Waals surface area contributed by atoms with Gasteiger partial charge in [-0.2, -0.15) is 21.9 Å². The van der Waals surface area contributed by atoms with Crippen LogP contribution in [0.1, 0.15) is 0 Å². The molecule has 3 N–H and O–H groups in total. The number of aromatic hydroxyl groups is 1. The van der Waals surface area contributed by atoms with Crippen LogP contribution in [0.25, 0.3) is 10.8 Å². The first kappa shape index (κ1) is 24.7. The van der Waals surface area contributed by atoms with Gasteiger partial charge < -0.3 is 5.11 Å². The average Bonchev–Trinajstić information content (AvgIpc) is 2.72. The van der Waals surface area contributed by atoms with Gasteiger partial charge in [0.05, 0.1) is 22.9 Å². The number of hydrogen-bond donors (Lipinski definition) is 3. The lowest BCUT2D eigenvalue weighted by Crippen LogP contribution is -2.15. The number of hydrogen-bond acceptors (Lipinski definition) is 10. The minimum atomic E-state index is -4.76. The number of benzene rings is 3. The fourth-order valence-corrected chi connectivity index (χ4v) is 5.01. The summed E-state index contributed by atoms with van der Waals surface area (Å²) in [7, 11) is -13.3. The molecule has 176 valence electrons. The molecule has 0 heterocycles. The van der Waals surface area contributed by atoms with Crippen molar-refractivity contribution in [2.24, 2.45) is 10.2 Å². The maximum Gasteiger partial charge on any atom is 0.397 e. The van der Waals surface area contributed by atoms with E-state index in [0.717, 1.165) is 6.07 Å². The predicted octanol–water partition coefficient (Wildman–Crippen LogP) is 2.80. The largest absolute Gasteiger partial charge is 0.505 e. The van der Waals surface area contributed by atoms with E-state index in [-0.39, 0.29) is 32.8 Å². The number of sulfone groups is 1. The van der Waals surface area contributed by atoms with Crippen molar-refractivity contribution in [3.05, 3.63) is 54.6 Å². The van der Waals surface area contributed by atoms with E-state index in [4.69, 9.17) is 4.55 Å². The number of phenolic OH excluding ortho intramolecular Hbond substituents is 1. The van der Waals surface area contributed by atoms with Gasteiger partial charge in [0.15, 0.2) is 15.6 Å². The molecule has 0 aliphatic carbocycles. The van der Waals surface area contributed by atoms with E-state index in [9.17, 15) is 34.9 Å². The summed E-state index contributed by atoms with van der Waals surface area (Å²) in [4.78, 5) is -0.652. The molecule has 33 heavy (non-hydrogen) atoms. The van der Waals surface area contributed by atoms with Crippen molar-refractivity contribution >= 4 is 52.5 Å². The highest BCUT2D eigenvalue weighted by molar-refractivity contribution is 7.91. The first-order valence-electron chi connectivity index (χ1n) is 8.86. The minimum absolute atomic E-state index is 0.0870. The molecule has 0 saturated carbocycles. The number of rotatable bonds is 8. The molecule has 0 bridgehead atoms. The lowest BCUT2D eigenvalue weighted by Gasteiger charge is -2.08. The molecule has 0 aliphatic heterocycles. The maximum atomic E-state index is 12.2. The number of fused-ring (bicyclic) bond motifs is 1. The summed E-state index contributed by atoms with van der Waals surface area (Å²) in [5.41, 5.74) is -0.107. The van der Waals surface area contributed by atoms with Crippen LogP contribution in [-0.2, 0) is 34.5 Å². The number of nitrogens with zero attached hydrogens (tertiary/aromatic N) is 2. The Morgan fingerprint density at radius 2 is 1.42 bits per heavy atom. The Morgan fingerprint density at radius 1 is 0.818 bits per heavy atom. The molecule has 0 saturated heterocycles. The van der Waals surface area contributed by atoms with E-state index in [1.807, 2.05) is 0 Å². The molecule has 15 heteroatoms. The van der Waals surface area contributed by atoms with Crippen LogP contribution in [-0.4, -0.2) is 51.8 Å². The predicted molar refractivity (Wildman–Crippen MR) is 116 cm³/mol. The third-order valence-electron chi connectivity index (χ3n) is 4.29. The lowest BCUT2D eigenvalue weighted by atomic mass is 10.1. The van der Waals surface area contributed by atoms with Gasteiger partial charge in [-0.1, -0.05) is 24.3 Å². The van der Waals surface area contributed by atoms with E-state index in [1.165, 1.54) is 42.5 Å². The molecular weight excluding hydrogens is 500 g/mol. The lowest BCUT2D eigenvalue weighted by molar-refractivity contribution is 0.284. The first-order valence-corrected chi connectivity index (χ1v) is 13.3. The van der Waals surface area contributed by atoms with Crippen molar-refractivity contribution in [1.29, 1.82) is 0 Å². The molecule has 3 aromatic rings. The summed E-state index contributed by atoms with van der Waals surface area (Å²) in [5.74, 6) is -1.09. The molecule has 0 amide bonds. The topological polar surface area (TPSA) is 197 Å². The molecule has 0 atom stereocenters. The molecule has 0 spiro atoms. The molecule has 0 aromatic heterocycles. The van der Waals surface area contributed by atoms with E-state index >= 15 is 0 Å². The summed E-state index contributed by atoms with van der Waals surface area (Å²) in [6.45, 7) is -0.778. The van der Waals surface area contributed by atoms with Crippen LogP contribution in [0.5, 0.6) is 5.75 Å². The van der Waals surface area contributed by atoms with Gasteiger partial charge in [0, 0.05) is 10.8 Å². The minimum Gasteiger partial charge on any atom is -0.505 e. The Morgan fingerprint density at radius 3 is 2.00 bits per heavy atom. The van der Waals surface area contributed by atoms with Gasteiger partial charge in [-0.15, -0.1) is 5.11 Å². The Kier molecular flexibility index (Phi) is 6.83. The Labute approximate surface area is 188 Å². The van der Waals surface area contributed by atoms with Gasteiger partial charge in [0.25, 0.3) is 10.1 Å². The normalized spacial score (nSPS) is 13.0. The number of azo groups is 1. The molecular formula is C18H16N2O10S3. The molecule has 0 radical (unpaired) electrons. The second-order valence-corrected chi connectivity index (χ2v) is 11.1. The summed E-state index contributed by atoms with van der Waals surface area (Å²) in [6, 6.07) is 11.7. The molecule has 12 nitrogen and oxygen atoms in total. The third kappa shape index (κ3) is 6.10. The molecule has 3 rings (SSSR count). The summed E-state index contributed by atoms with van der Waals surface area (Å²) in [6.07, 6.45) is 0. The Bertz CT molecular complexity index is 1550. The summed E-state index contributed by atoms with van der Waals surface area (Å²) < 4.78 is 90.9. The number of phenols is 1.